The van der Waals surface area contributed by atoms with Gasteiger partial charge >= 0.3 is 0 Å². The lowest BCUT2D eigenvalue weighted by atomic mass is 9.98. The third kappa shape index (κ3) is 4.97. The highest BCUT2D eigenvalue weighted by Crippen LogP contribution is 2.25. The number of aromatic nitrogens is 2. The summed E-state index contributed by atoms with van der Waals surface area (Å²) in [6.07, 6.45) is 5.75. The maximum absolute atomic E-state index is 13.1. The Balaban J connectivity index is 1.37. The van der Waals surface area contributed by atoms with Gasteiger partial charge in [-0.15, -0.1) is 0 Å². The van der Waals surface area contributed by atoms with Gasteiger partial charge in [0.25, 0.3) is 11.8 Å². The molecule has 7 nitrogen and oxygen atoms in total. The van der Waals surface area contributed by atoms with Crippen LogP contribution < -0.4 is 4.74 Å². The van der Waals surface area contributed by atoms with E-state index in [9.17, 15) is 9.59 Å². The first-order chi connectivity index (χ1) is 15.6. The molecule has 1 aromatic heterocycles. The summed E-state index contributed by atoms with van der Waals surface area (Å²) in [5.74, 6) is 1.65. The molecule has 0 spiro atoms. The Morgan fingerprint density at radius 2 is 1.81 bits per heavy atom. The van der Waals surface area contributed by atoms with Gasteiger partial charge < -0.3 is 14.5 Å². The van der Waals surface area contributed by atoms with E-state index in [4.69, 9.17) is 4.74 Å². The van der Waals surface area contributed by atoms with E-state index in [1.165, 1.54) is 0 Å². The van der Waals surface area contributed by atoms with E-state index in [1.54, 1.807) is 16.9 Å². The van der Waals surface area contributed by atoms with Crippen LogP contribution in [0.5, 0.6) is 5.75 Å². The van der Waals surface area contributed by atoms with Crippen molar-refractivity contribution in [2.75, 3.05) is 32.8 Å². The fourth-order valence-electron chi connectivity index (χ4n) is 4.67. The molecule has 2 aliphatic heterocycles. The lowest BCUT2D eigenvalue weighted by Crippen LogP contribution is -2.42. The van der Waals surface area contributed by atoms with E-state index in [0.29, 0.717) is 42.6 Å². The monoisotopic (exact) mass is 438 g/mol. The molecule has 1 atom stereocenters. The number of hydrogen-bond acceptors (Lipinski definition) is 4. The average Bonchev–Trinajstić information content (AvgIpc) is 3.31. The molecule has 0 bridgehead atoms. The maximum atomic E-state index is 13.1. The molecular weight excluding hydrogens is 404 g/mol. The van der Waals surface area contributed by atoms with Crippen molar-refractivity contribution in [1.29, 1.82) is 0 Å². The van der Waals surface area contributed by atoms with Crippen LogP contribution in [-0.4, -0.2) is 64.2 Å². The van der Waals surface area contributed by atoms with Gasteiger partial charge in [0.2, 0.25) is 0 Å². The second kappa shape index (κ2) is 10.2. The van der Waals surface area contributed by atoms with Gasteiger partial charge in [-0.2, -0.15) is 5.10 Å². The summed E-state index contributed by atoms with van der Waals surface area (Å²) >= 11 is 0. The van der Waals surface area contributed by atoms with Crippen molar-refractivity contribution < 1.29 is 14.3 Å². The average molecular weight is 439 g/mol. The molecule has 4 rings (SSSR count). The summed E-state index contributed by atoms with van der Waals surface area (Å²) in [7, 11) is 0. The van der Waals surface area contributed by atoms with Crippen molar-refractivity contribution in [3.63, 3.8) is 0 Å². The Kier molecular flexibility index (Phi) is 7.12. The van der Waals surface area contributed by atoms with Crippen LogP contribution in [0.3, 0.4) is 0 Å². The summed E-state index contributed by atoms with van der Waals surface area (Å²) in [6.45, 7) is 8.44. The number of benzene rings is 1. The van der Waals surface area contributed by atoms with Crippen molar-refractivity contribution in [3.8, 4) is 5.75 Å². The molecule has 2 fully saturated rings. The first-order valence-corrected chi connectivity index (χ1v) is 11.9. The number of nitrogens with zero attached hydrogens (tertiary/aromatic N) is 4. The molecule has 2 amide bonds. The minimum atomic E-state index is 0.0314. The topological polar surface area (TPSA) is 67.7 Å². The summed E-state index contributed by atoms with van der Waals surface area (Å²) in [6, 6.07) is 9.33. The van der Waals surface area contributed by atoms with Crippen LogP contribution in [0.2, 0.25) is 0 Å². The van der Waals surface area contributed by atoms with Crippen molar-refractivity contribution >= 4 is 11.8 Å². The molecule has 0 aliphatic carbocycles. The molecule has 172 valence electrons. The SMILES string of the molecule is CCn1nccc1C(=O)N1CCCC(COc2ccccc2C(=O)N2CCC(C)CC2)C1. The molecule has 0 N–H and O–H groups in total. The first-order valence-electron chi connectivity index (χ1n) is 11.9. The Bertz CT molecular complexity index is 933. The number of aryl methyl sites for hydroxylation is 1. The second-order valence-corrected chi connectivity index (χ2v) is 9.07. The van der Waals surface area contributed by atoms with E-state index in [1.807, 2.05) is 41.0 Å². The third-order valence-electron chi connectivity index (χ3n) is 6.70. The normalized spacial score (nSPS) is 19.8. The molecule has 1 unspecified atom stereocenters. The van der Waals surface area contributed by atoms with E-state index in [2.05, 4.69) is 12.0 Å². The van der Waals surface area contributed by atoms with Crippen molar-refractivity contribution in [3.05, 3.63) is 47.8 Å². The Labute approximate surface area is 190 Å². The number of rotatable bonds is 6. The predicted octanol–water partition coefficient (Wildman–Crippen LogP) is 3.71. The highest BCUT2D eigenvalue weighted by molar-refractivity contribution is 5.97. The minimum Gasteiger partial charge on any atom is -0.492 e. The predicted molar refractivity (Wildman–Crippen MR) is 123 cm³/mol. The number of ether oxygens (including phenoxy) is 1. The molecule has 0 saturated carbocycles. The highest BCUT2D eigenvalue weighted by atomic mass is 16.5. The highest BCUT2D eigenvalue weighted by Gasteiger charge is 2.28. The van der Waals surface area contributed by atoms with Crippen LogP contribution >= 0.6 is 0 Å². The van der Waals surface area contributed by atoms with E-state index >= 15 is 0 Å². The smallest absolute Gasteiger partial charge is 0.272 e. The fraction of sp³-hybridized carbons (Fsp3) is 0.560. The molecule has 7 heteroatoms. The quantitative estimate of drug-likeness (QED) is 0.690. The van der Waals surface area contributed by atoms with E-state index in [-0.39, 0.29) is 17.7 Å². The van der Waals surface area contributed by atoms with Crippen LogP contribution in [-0.2, 0) is 6.54 Å². The number of carbonyl (C=O) groups is 2. The largest absolute Gasteiger partial charge is 0.492 e. The van der Waals surface area contributed by atoms with Gasteiger partial charge in [0.15, 0.2) is 0 Å². The number of likely N-dealkylation sites (tertiary alicyclic amines) is 2. The van der Waals surface area contributed by atoms with Gasteiger partial charge in [0.1, 0.15) is 11.4 Å². The van der Waals surface area contributed by atoms with Crippen molar-refractivity contribution in [1.82, 2.24) is 19.6 Å². The van der Waals surface area contributed by atoms with Crippen molar-refractivity contribution in [2.45, 2.75) is 46.1 Å². The van der Waals surface area contributed by atoms with Gasteiger partial charge in [-0.3, -0.25) is 14.3 Å². The number of para-hydroxylation sites is 1. The minimum absolute atomic E-state index is 0.0314. The second-order valence-electron chi connectivity index (χ2n) is 9.07. The number of piperidine rings is 2. The van der Waals surface area contributed by atoms with Gasteiger partial charge in [-0.25, -0.2) is 0 Å². The Morgan fingerprint density at radius 3 is 2.59 bits per heavy atom. The number of amides is 2. The first kappa shape index (κ1) is 22.4. The van der Waals surface area contributed by atoms with Crippen LogP contribution in [0.1, 0.15) is 60.4 Å². The van der Waals surface area contributed by atoms with Crippen molar-refractivity contribution in [2.24, 2.45) is 11.8 Å². The zero-order valence-corrected chi connectivity index (χ0v) is 19.2. The lowest BCUT2D eigenvalue weighted by molar-refractivity contribution is 0.0619. The molecular formula is C25H34N4O3. The summed E-state index contributed by atoms with van der Waals surface area (Å²) in [4.78, 5) is 29.9. The molecule has 3 heterocycles. The van der Waals surface area contributed by atoms with Crippen LogP contribution in [0.15, 0.2) is 36.5 Å². The molecule has 32 heavy (non-hydrogen) atoms. The number of hydrogen-bond donors (Lipinski definition) is 0. The van der Waals surface area contributed by atoms with Crippen LogP contribution in [0.25, 0.3) is 0 Å². The summed E-state index contributed by atoms with van der Waals surface area (Å²) < 4.78 is 7.91. The zero-order chi connectivity index (χ0) is 22.5. The standard InChI is InChI=1S/C25H34N4O3/c1-3-29-22(10-13-26-29)25(31)28-14-6-7-20(17-28)18-32-23-9-5-4-8-21(23)24(30)27-15-11-19(2)12-16-27/h4-5,8-10,13,19-20H,3,6-7,11-12,14-18H2,1-2H3. The lowest BCUT2D eigenvalue weighted by Gasteiger charge is -2.33. The molecule has 2 aliphatic rings. The number of carbonyl (C=O) groups excluding carboxylic acids is 2. The van der Waals surface area contributed by atoms with E-state index < -0.39 is 0 Å². The third-order valence-corrected chi connectivity index (χ3v) is 6.70. The van der Waals surface area contributed by atoms with Gasteiger partial charge in [-0.1, -0.05) is 19.1 Å². The summed E-state index contributed by atoms with van der Waals surface area (Å²) in [5.41, 5.74) is 1.28. The van der Waals surface area contributed by atoms with Gasteiger partial charge in [-0.05, 0) is 56.7 Å². The molecule has 1 aromatic carbocycles. The fourth-order valence-corrected chi connectivity index (χ4v) is 4.67. The van der Waals surface area contributed by atoms with Gasteiger partial charge in [0, 0.05) is 44.8 Å². The molecule has 2 saturated heterocycles. The van der Waals surface area contributed by atoms with Gasteiger partial charge in [0.05, 0.1) is 12.2 Å². The van der Waals surface area contributed by atoms with E-state index in [0.717, 1.165) is 45.3 Å². The van der Waals surface area contributed by atoms with Crippen LogP contribution in [0.4, 0.5) is 0 Å². The Morgan fingerprint density at radius 1 is 1.03 bits per heavy atom. The molecule has 2 aromatic rings. The Hall–Kier alpha value is -2.83. The van der Waals surface area contributed by atoms with Crippen LogP contribution in [0, 0.1) is 11.8 Å². The zero-order valence-electron chi connectivity index (χ0n) is 19.2. The summed E-state index contributed by atoms with van der Waals surface area (Å²) in [5, 5.41) is 4.22. The molecule has 0 radical (unpaired) electrons. The maximum Gasteiger partial charge on any atom is 0.272 e.